The van der Waals surface area contributed by atoms with Crippen LogP contribution in [0.1, 0.15) is 5.69 Å². The van der Waals surface area contributed by atoms with Crippen molar-refractivity contribution in [2.45, 2.75) is 11.4 Å². The number of aromatic nitrogens is 1. The quantitative estimate of drug-likeness (QED) is 0.652. The van der Waals surface area contributed by atoms with Crippen LogP contribution >= 0.6 is 11.8 Å². The molecule has 0 amide bonds. The fourth-order valence-electron chi connectivity index (χ4n) is 0.695. The van der Waals surface area contributed by atoms with E-state index < -0.39 is 0 Å². The van der Waals surface area contributed by atoms with Crippen molar-refractivity contribution in [3.05, 3.63) is 24.0 Å². The first-order valence-corrected chi connectivity index (χ1v) is 4.28. The molecule has 0 fully saturated rings. The van der Waals surface area contributed by atoms with Crippen LogP contribution in [-0.2, 0) is 6.54 Å². The van der Waals surface area contributed by atoms with Gasteiger partial charge in [0, 0.05) is 17.6 Å². The van der Waals surface area contributed by atoms with Crippen molar-refractivity contribution >= 4 is 11.8 Å². The molecule has 1 rings (SSSR count). The molecule has 0 aromatic carbocycles. The second-order valence-electron chi connectivity index (χ2n) is 1.89. The molecule has 0 saturated carbocycles. The minimum absolute atomic E-state index is 0.522. The van der Waals surface area contributed by atoms with E-state index in [-0.39, 0.29) is 0 Å². The van der Waals surface area contributed by atoms with Gasteiger partial charge < -0.3 is 5.73 Å². The summed E-state index contributed by atoms with van der Waals surface area (Å²) in [5.74, 6) is 0. The molecule has 0 spiro atoms. The zero-order valence-electron chi connectivity index (χ0n) is 5.87. The van der Waals surface area contributed by atoms with Crippen LogP contribution in [-0.4, -0.2) is 11.2 Å². The predicted octanol–water partition coefficient (Wildman–Crippen LogP) is 1.26. The Kier molecular flexibility index (Phi) is 2.71. The van der Waals surface area contributed by atoms with Crippen molar-refractivity contribution in [1.29, 1.82) is 0 Å². The van der Waals surface area contributed by atoms with Crippen LogP contribution in [0.15, 0.2) is 23.2 Å². The highest BCUT2D eigenvalue weighted by molar-refractivity contribution is 7.98. The summed E-state index contributed by atoms with van der Waals surface area (Å²) in [4.78, 5) is 5.29. The molecule has 0 saturated heterocycles. The fraction of sp³-hybridized carbons (Fsp3) is 0.286. The van der Waals surface area contributed by atoms with Crippen LogP contribution < -0.4 is 5.73 Å². The smallest absolute Gasteiger partial charge is 0.0550 e. The average molecular weight is 154 g/mol. The number of nitrogens with zero attached hydrogens (tertiary/aromatic N) is 1. The summed E-state index contributed by atoms with van der Waals surface area (Å²) in [6, 6.07) is 3.98. The average Bonchev–Trinajstić information content (AvgIpc) is 2.05. The highest BCUT2D eigenvalue weighted by Crippen LogP contribution is 2.13. The molecule has 0 aliphatic heterocycles. The van der Waals surface area contributed by atoms with Crippen LogP contribution in [0.4, 0.5) is 0 Å². The Balaban J connectivity index is 2.87. The molecule has 0 bridgehead atoms. The van der Waals surface area contributed by atoms with Gasteiger partial charge in [0.05, 0.1) is 5.69 Å². The number of pyridine rings is 1. The summed E-state index contributed by atoms with van der Waals surface area (Å²) in [5.41, 5.74) is 6.35. The van der Waals surface area contributed by atoms with E-state index in [9.17, 15) is 0 Å². The van der Waals surface area contributed by atoms with Gasteiger partial charge in [-0.05, 0) is 18.4 Å². The third-order valence-electron chi connectivity index (χ3n) is 1.23. The topological polar surface area (TPSA) is 38.9 Å². The largest absolute Gasteiger partial charge is 0.325 e. The molecular formula is C7H10N2S. The van der Waals surface area contributed by atoms with E-state index in [1.54, 1.807) is 18.0 Å². The lowest BCUT2D eigenvalue weighted by Gasteiger charge is -1.97. The van der Waals surface area contributed by atoms with Gasteiger partial charge in [0.1, 0.15) is 0 Å². The van der Waals surface area contributed by atoms with Crippen LogP contribution in [0.2, 0.25) is 0 Å². The van der Waals surface area contributed by atoms with Crippen LogP contribution in [0, 0.1) is 0 Å². The Labute approximate surface area is 64.8 Å². The molecule has 0 radical (unpaired) electrons. The first-order valence-electron chi connectivity index (χ1n) is 3.06. The Bertz CT molecular complexity index is 193. The lowest BCUT2D eigenvalue weighted by Crippen LogP contribution is -1.98. The van der Waals surface area contributed by atoms with E-state index in [1.165, 1.54) is 4.90 Å². The van der Waals surface area contributed by atoms with E-state index in [1.807, 2.05) is 18.4 Å². The Morgan fingerprint density at radius 2 is 2.50 bits per heavy atom. The molecular weight excluding hydrogens is 144 g/mol. The van der Waals surface area contributed by atoms with E-state index in [0.717, 1.165) is 5.69 Å². The molecule has 0 unspecified atom stereocenters. The highest BCUT2D eigenvalue weighted by Gasteiger charge is 1.91. The molecule has 1 aromatic heterocycles. The van der Waals surface area contributed by atoms with Crippen LogP contribution in [0.25, 0.3) is 0 Å². The maximum absolute atomic E-state index is 5.40. The van der Waals surface area contributed by atoms with Crippen molar-refractivity contribution in [2.75, 3.05) is 6.26 Å². The SMILES string of the molecule is CSc1ccnc(CN)c1. The molecule has 2 nitrogen and oxygen atoms in total. The van der Waals surface area contributed by atoms with E-state index >= 15 is 0 Å². The third-order valence-corrected chi connectivity index (χ3v) is 1.96. The fourth-order valence-corrected chi connectivity index (χ4v) is 1.15. The number of thioether (sulfide) groups is 1. The minimum atomic E-state index is 0.522. The summed E-state index contributed by atoms with van der Waals surface area (Å²) < 4.78 is 0. The van der Waals surface area contributed by atoms with Crippen molar-refractivity contribution in [1.82, 2.24) is 4.98 Å². The van der Waals surface area contributed by atoms with Gasteiger partial charge in [0.15, 0.2) is 0 Å². The number of nitrogens with two attached hydrogens (primary N) is 1. The van der Waals surface area contributed by atoms with E-state index in [2.05, 4.69) is 4.98 Å². The number of hydrogen-bond acceptors (Lipinski definition) is 3. The van der Waals surface area contributed by atoms with Crippen molar-refractivity contribution in [2.24, 2.45) is 5.73 Å². The second kappa shape index (κ2) is 3.58. The Morgan fingerprint density at radius 1 is 1.70 bits per heavy atom. The van der Waals surface area contributed by atoms with Crippen molar-refractivity contribution < 1.29 is 0 Å². The molecule has 1 heterocycles. The summed E-state index contributed by atoms with van der Waals surface area (Å²) in [6.07, 6.45) is 3.82. The molecule has 0 aliphatic carbocycles. The molecule has 54 valence electrons. The maximum atomic E-state index is 5.40. The highest BCUT2D eigenvalue weighted by atomic mass is 32.2. The van der Waals surface area contributed by atoms with Gasteiger partial charge in [-0.2, -0.15) is 0 Å². The lowest BCUT2D eigenvalue weighted by atomic mass is 10.3. The van der Waals surface area contributed by atoms with Gasteiger partial charge in [-0.15, -0.1) is 11.8 Å². The normalized spacial score (nSPS) is 9.80. The molecule has 2 N–H and O–H groups in total. The summed E-state index contributed by atoms with van der Waals surface area (Å²) in [5, 5.41) is 0. The van der Waals surface area contributed by atoms with Gasteiger partial charge in [-0.1, -0.05) is 0 Å². The molecule has 0 atom stereocenters. The van der Waals surface area contributed by atoms with E-state index in [4.69, 9.17) is 5.73 Å². The van der Waals surface area contributed by atoms with E-state index in [0.29, 0.717) is 6.54 Å². The zero-order valence-corrected chi connectivity index (χ0v) is 6.69. The monoisotopic (exact) mass is 154 g/mol. The van der Waals surface area contributed by atoms with Gasteiger partial charge in [-0.3, -0.25) is 4.98 Å². The minimum Gasteiger partial charge on any atom is -0.325 e. The molecule has 10 heavy (non-hydrogen) atoms. The predicted molar refractivity (Wildman–Crippen MR) is 43.9 cm³/mol. The van der Waals surface area contributed by atoms with Crippen molar-refractivity contribution in [3.63, 3.8) is 0 Å². The molecule has 1 aromatic rings. The van der Waals surface area contributed by atoms with Gasteiger partial charge in [-0.25, -0.2) is 0 Å². The van der Waals surface area contributed by atoms with Gasteiger partial charge >= 0.3 is 0 Å². The maximum Gasteiger partial charge on any atom is 0.0550 e. The first-order chi connectivity index (χ1) is 4.86. The second-order valence-corrected chi connectivity index (χ2v) is 2.77. The van der Waals surface area contributed by atoms with Crippen LogP contribution in [0.5, 0.6) is 0 Å². The van der Waals surface area contributed by atoms with Crippen molar-refractivity contribution in [3.8, 4) is 0 Å². The molecule has 3 heteroatoms. The number of rotatable bonds is 2. The third kappa shape index (κ3) is 1.72. The Hall–Kier alpha value is -0.540. The first kappa shape index (κ1) is 7.57. The van der Waals surface area contributed by atoms with Crippen LogP contribution in [0.3, 0.4) is 0 Å². The lowest BCUT2D eigenvalue weighted by molar-refractivity contribution is 0.977. The summed E-state index contributed by atoms with van der Waals surface area (Å²) in [7, 11) is 0. The van der Waals surface area contributed by atoms with Gasteiger partial charge in [0.25, 0.3) is 0 Å². The Morgan fingerprint density at radius 3 is 3.10 bits per heavy atom. The summed E-state index contributed by atoms with van der Waals surface area (Å²) in [6.45, 7) is 0.522. The van der Waals surface area contributed by atoms with Gasteiger partial charge in [0.2, 0.25) is 0 Å². The standard InChI is InChI=1S/C7H10N2S/c1-10-7-2-3-9-6(4-7)5-8/h2-4H,5,8H2,1H3. The number of hydrogen-bond donors (Lipinski definition) is 1. The summed E-state index contributed by atoms with van der Waals surface area (Å²) >= 11 is 1.70. The zero-order chi connectivity index (χ0) is 7.40. The molecule has 0 aliphatic rings.